The summed E-state index contributed by atoms with van der Waals surface area (Å²) in [6.45, 7) is 12.1. The number of alkyl carbamates (subject to hydrolysis) is 1. The number of hydrogen-bond donors (Lipinski definition) is 1. The first kappa shape index (κ1) is 19.7. The largest absolute Gasteiger partial charge is 0.466 e. The van der Waals surface area contributed by atoms with Crippen LogP contribution in [0.2, 0.25) is 0 Å². The molecule has 0 heterocycles. The monoisotopic (exact) mass is 303 g/mol. The van der Waals surface area contributed by atoms with Crippen molar-refractivity contribution in [2.24, 2.45) is 5.92 Å². The van der Waals surface area contributed by atoms with Crippen molar-refractivity contribution in [3.63, 3.8) is 0 Å². The zero-order chi connectivity index (χ0) is 16.5. The molecular formula is C15H29NO5. The molecule has 0 aliphatic rings. The van der Waals surface area contributed by atoms with Gasteiger partial charge in [0, 0.05) is 0 Å². The van der Waals surface area contributed by atoms with Gasteiger partial charge < -0.3 is 19.5 Å². The van der Waals surface area contributed by atoms with Crippen LogP contribution in [0.3, 0.4) is 0 Å². The second-order valence-electron chi connectivity index (χ2n) is 6.13. The molecule has 0 fully saturated rings. The summed E-state index contributed by atoms with van der Waals surface area (Å²) in [5, 5.41) is 2.78. The van der Waals surface area contributed by atoms with Gasteiger partial charge in [-0.1, -0.05) is 13.8 Å². The number of carbonyl (C=O) groups excluding carboxylic acids is 2. The lowest BCUT2D eigenvalue weighted by molar-refractivity contribution is -0.144. The van der Waals surface area contributed by atoms with Crippen LogP contribution in [0.5, 0.6) is 0 Å². The quantitative estimate of drug-likeness (QED) is 0.551. The van der Waals surface area contributed by atoms with Crippen LogP contribution in [0.15, 0.2) is 0 Å². The summed E-state index contributed by atoms with van der Waals surface area (Å²) in [6, 6.07) is -0.165. The summed E-state index contributed by atoms with van der Waals surface area (Å²) < 4.78 is 15.5. The van der Waals surface area contributed by atoms with Crippen LogP contribution in [0, 0.1) is 5.92 Å². The van der Waals surface area contributed by atoms with Gasteiger partial charge in [0.1, 0.15) is 5.60 Å². The first-order chi connectivity index (χ1) is 9.65. The molecule has 1 amide bonds. The minimum Gasteiger partial charge on any atom is -0.466 e. The third-order valence-corrected chi connectivity index (χ3v) is 2.56. The van der Waals surface area contributed by atoms with Crippen LogP contribution in [-0.2, 0) is 19.0 Å². The predicted molar refractivity (Wildman–Crippen MR) is 80.1 cm³/mol. The van der Waals surface area contributed by atoms with Crippen molar-refractivity contribution in [3.05, 3.63) is 0 Å². The Morgan fingerprint density at radius 3 is 2.29 bits per heavy atom. The lowest BCUT2D eigenvalue weighted by atomic mass is 10.1. The Kier molecular flexibility index (Phi) is 9.01. The summed E-state index contributed by atoms with van der Waals surface area (Å²) in [5.74, 6) is -0.0844. The third kappa shape index (κ3) is 11.1. The molecule has 0 rings (SSSR count). The first-order valence-electron chi connectivity index (χ1n) is 7.38. The van der Waals surface area contributed by atoms with E-state index in [1.807, 2.05) is 34.6 Å². The number of carbonyl (C=O) groups is 2. The molecule has 0 aliphatic heterocycles. The molecule has 6 heteroatoms. The van der Waals surface area contributed by atoms with Gasteiger partial charge in [0.05, 0.1) is 32.3 Å². The van der Waals surface area contributed by atoms with Crippen molar-refractivity contribution < 1.29 is 23.8 Å². The highest BCUT2D eigenvalue weighted by molar-refractivity contribution is 5.69. The van der Waals surface area contributed by atoms with Crippen LogP contribution in [0.1, 0.15) is 48.0 Å². The van der Waals surface area contributed by atoms with E-state index in [1.165, 1.54) is 0 Å². The highest BCUT2D eigenvalue weighted by Gasteiger charge is 2.21. The molecule has 1 N–H and O–H groups in total. The molecule has 0 saturated carbocycles. The van der Waals surface area contributed by atoms with Gasteiger partial charge in [-0.3, -0.25) is 4.79 Å². The Hall–Kier alpha value is -1.30. The normalized spacial score (nSPS) is 12.9. The summed E-state index contributed by atoms with van der Waals surface area (Å²) in [7, 11) is 0. The van der Waals surface area contributed by atoms with E-state index in [4.69, 9.17) is 14.2 Å². The number of hydrogen-bond acceptors (Lipinski definition) is 5. The number of amides is 1. The molecule has 0 radical (unpaired) electrons. The van der Waals surface area contributed by atoms with Gasteiger partial charge in [-0.05, 0) is 33.6 Å². The maximum atomic E-state index is 11.7. The molecule has 0 aromatic carbocycles. The molecule has 0 aromatic rings. The van der Waals surface area contributed by atoms with Gasteiger partial charge >= 0.3 is 12.1 Å². The van der Waals surface area contributed by atoms with Crippen molar-refractivity contribution in [1.82, 2.24) is 5.32 Å². The second-order valence-corrected chi connectivity index (χ2v) is 6.13. The molecule has 0 unspecified atom stereocenters. The molecule has 1 atom stereocenters. The van der Waals surface area contributed by atoms with Gasteiger partial charge in [0.25, 0.3) is 0 Å². The van der Waals surface area contributed by atoms with E-state index in [9.17, 15) is 9.59 Å². The van der Waals surface area contributed by atoms with E-state index in [0.29, 0.717) is 13.2 Å². The van der Waals surface area contributed by atoms with Gasteiger partial charge in [0.15, 0.2) is 0 Å². The van der Waals surface area contributed by atoms with E-state index in [-0.39, 0.29) is 31.0 Å². The fourth-order valence-electron chi connectivity index (χ4n) is 1.46. The van der Waals surface area contributed by atoms with Crippen molar-refractivity contribution in [2.75, 3.05) is 19.8 Å². The first-order valence-corrected chi connectivity index (χ1v) is 7.38. The predicted octanol–water partition coefficient (Wildman–Crippen LogP) is 2.51. The molecule has 0 aliphatic carbocycles. The van der Waals surface area contributed by atoms with E-state index in [2.05, 4.69) is 5.32 Å². The maximum Gasteiger partial charge on any atom is 0.407 e. The molecular weight excluding hydrogens is 274 g/mol. The Balaban J connectivity index is 4.09. The van der Waals surface area contributed by atoms with E-state index in [1.54, 1.807) is 6.92 Å². The second kappa shape index (κ2) is 9.60. The number of nitrogens with one attached hydrogen (secondary N) is 1. The average molecular weight is 303 g/mol. The van der Waals surface area contributed by atoms with Crippen LogP contribution in [0.4, 0.5) is 4.79 Å². The maximum absolute atomic E-state index is 11.7. The summed E-state index contributed by atoms with van der Waals surface area (Å²) in [6.07, 6.45) is -0.249. The van der Waals surface area contributed by atoms with Gasteiger partial charge in [-0.15, -0.1) is 0 Å². The van der Waals surface area contributed by atoms with E-state index in [0.717, 1.165) is 0 Å². The zero-order valence-corrected chi connectivity index (χ0v) is 14.0. The fourth-order valence-corrected chi connectivity index (χ4v) is 1.46. The minimum absolute atomic E-state index is 0.165. The summed E-state index contributed by atoms with van der Waals surface area (Å²) in [4.78, 5) is 22.9. The highest BCUT2D eigenvalue weighted by Crippen LogP contribution is 2.09. The van der Waals surface area contributed by atoms with Crippen LogP contribution >= 0.6 is 0 Å². The van der Waals surface area contributed by atoms with Gasteiger partial charge in [-0.25, -0.2) is 4.79 Å². The number of ether oxygens (including phenoxy) is 3. The van der Waals surface area contributed by atoms with Crippen LogP contribution in [0.25, 0.3) is 0 Å². The fraction of sp³-hybridized carbons (Fsp3) is 0.867. The Bertz CT molecular complexity index is 323. The Morgan fingerprint density at radius 2 is 1.81 bits per heavy atom. The molecule has 0 bridgehead atoms. The van der Waals surface area contributed by atoms with Crippen molar-refractivity contribution in [1.29, 1.82) is 0 Å². The molecule has 0 spiro atoms. The lowest BCUT2D eigenvalue weighted by Gasteiger charge is -2.25. The molecule has 6 nitrogen and oxygen atoms in total. The van der Waals surface area contributed by atoms with Crippen molar-refractivity contribution >= 4 is 12.1 Å². The van der Waals surface area contributed by atoms with E-state index >= 15 is 0 Å². The smallest absolute Gasteiger partial charge is 0.407 e. The highest BCUT2D eigenvalue weighted by atomic mass is 16.6. The Labute approximate surface area is 127 Å². The van der Waals surface area contributed by atoms with Crippen LogP contribution < -0.4 is 5.32 Å². The zero-order valence-electron chi connectivity index (χ0n) is 14.0. The van der Waals surface area contributed by atoms with Gasteiger partial charge in [-0.2, -0.15) is 0 Å². The average Bonchev–Trinajstić information content (AvgIpc) is 2.30. The molecule has 0 aromatic heterocycles. The number of rotatable bonds is 8. The van der Waals surface area contributed by atoms with Gasteiger partial charge in [0.2, 0.25) is 0 Å². The summed E-state index contributed by atoms with van der Waals surface area (Å²) in [5.41, 5.74) is -0.531. The standard InChI is InChI=1S/C15H29NO5/c1-7-20-13(17)8-9-19-10-12(11(2)3)16-14(18)21-15(4,5)6/h11-12H,7-10H2,1-6H3,(H,16,18)/t12-/m1/s1. The topological polar surface area (TPSA) is 73.9 Å². The third-order valence-electron chi connectivity index (χ3n) is 2.56. The summed E-state index contributed by atoms with van der Waals surface area (Å²) >= 11 is 0. The molecule has 0 saturated heterocycles. The lowest BCUT2D eigenvalue weighted by Crippen LogP contribution is -2.44. The molecule has 21 heavy (non-hydrogen) atoms. The van der Waals surface area contributed by atoms with Crippen LogP contribution in [-0.4, -0.2) is 43.5 Å². The van der Waals surface area contributed by atoms with Crippen molar-refractivity contribution in [3.8, 4) is 0 Å². The Morgan fingerprint density at radius 1 is 1.19 bits per heavy atom. The van der Waals surface area contributed by atoms with Crippen molar-refractivity contribution in [2.45, 2.75) is 59.6 Å². The minimum atomic E-state index is -0.531. The number of esters is 1. The van der Waals surface area contributed by atoms with E-state index < -0.39 is 11.7 Å². The molecule has 124 valence electrons. The SMILES string of the molecule is CCOC(=O)CCOC[C@@H](NC(=O)OC(C)(C)C)C(C)C.